The minimum Gasteiger partial charge on any atom is -0.312 e. The monoisotopic (exact) mass is 225 g/mol. The van der Waals surface area contributed by atoms with Gasteiger partial charge in [0.2, 0.25) is 0 Å². The Bertz CT molecular complexity index is 203. The fourth-order valence-electron chi connectivity index (χ4n) is 2.04. The first kappa shape index (κ1) is 12.8. The Morgan fingerprint density at radius 2 is 2.07 bits per heavy atom. The van der Waals surface area contributed by atoms with E-state index in [1.54, 1.807) is 0 Å². The number of halogens is 3. The average molecular weight is 225 g/mol. The van der Waals surface area contributed by atoms with Gasteiger partial charge < -0.3 is 5.32 Å². The maximum absolute atomic E-state index is 11.6. The van der Waals surface area contributed by atoms with Crippen molar-refractivity contribution in [2.24, 2.45) is 5.41 Å². The number of alkyl halides is 3. The molecule has 0 bridgehead atoms. The van der Waals surface area contributed by atoms with E-state index in [-0.39, 0.29) is 13.2 Å². The van der Waals surface area contributed by atoms with E-state index < -0.39 is 6.36 Å². The molecule has 0 saturated heterocycles. The highest BCUT2D eigenvalue weighted by Crippen LogP contribution is 2.36. The van der Waals surface area contributed by atoms with Crippen molar-refractivity contribution in [2.75, 3.05) is 13.2 Å². The summed E-state index contributed by atoms with van der Waals surface area (Å²) in [6.07, 6.45) is -1.31. The molecule has 0 aliphatic heterocycles. The molecule has 0 aromatic carbocycles. The molecule has 0 spiro atoms. The first-order chi connectivity index (χ1) is 6.79. The van der Waals surface area contributed by atoms with Gasteiger partial charge >= 0.3 is 6.36 Å². The van der Waals surface area contributed by atoms with Gasteiger partial charge in [0.05, 0.1) is 6.61 Å². The van der Waals surface area contributed by atoms with Crippen LogP contribution in [0, 0.1) is 5.41 Å². The van der Waals surface area contributed by atoms with E-state index >= 15 is 0 Å². The average Bonchev–Trinajstić information content (AvgIpc) is 2.38. The van der Waals surface area contributed by atoms with Crippen molar-refractivity contribution >= 4 is 0 Å². The molecule has 5 heteroatoms. The van der Waals surface area contributed by atoms with Crippen molar-refractivity contribution in [3.05, 3.63) is 0 Å². The molecule has 1 saturated carbocycles. The molecule has 1 fully saturated rings. The molecule has 1 N–H and O–H groups in total. The molecule has 0 radical (unpaired) electrons. The Morgan fingerprint density at radius 3 is 2.53 bits per heavy atom. The molecule has 1 atom stereocenters. The summed E-state index contributed by atoms with van der Waals surface area (Å²) < 4.78 is 38.6. The van der Waals surface area contributed by atoms with Gasteiger partial charge in [0.25, 0.3) is 0 Å². The van der Waals surface area contributed by atoms with Crippen LogP contribution >= 0.6 is 0 Å². The molecule has 1 unspecified atom stereocenters. The Balaban J connectivity index is 2.07. The van der Waals surface area contributed by atoms with E-state index in [1.807, 2.05) is 0 Å². The molecule has 1 aliphatic carbocycles. The Morgan fingerprint density at radius 1 is 1.40 bits per heavy atom. The zero-order chi connectivity index (χ0) is 11.5. The lowest BCUT2D eigenvalue weighted by Crippen LogP contribution is -2.32. The number of nitrogens with one attached hydrogen (secondary N) is 1. The highest BCUT2D eigenvalue weighted by atomic mass is 19.4. The topological polar surface area (TPSA) is 21.3 Å². The second-order valence-electron chi connectivity index (χ2n) is 4.85. The van der Waals surface area contributed by atoms with E-state index in [0.717, 1.165) is 19.3 Å². The van der Waals surface area contributed by atoms with Gasteiger partial charge in [0.1, 0.15) is 0 Å². The van der Waals surface area contributed by atoms with Gasteiger partial charge in [-0.2, -0.15) is 0 Å². The highest BCUT2D eigenvalue weighted by molar-refractivity contribution is 4.86. The minimum atomic E-state index is -4.50. The van der Waals surface area contributed by atoms with Gasteiger partial charge in [-0.05, 0) is 24.7 Å². The van der Waals surface area contributed by atoms with Crippen LogP contribution in [0.2, 0.25) is 0 Å². The van der Waals surface area contributed by atoms with Crippen molar-refractivity contribution < 1.29 is 17.9 Å². The molecule has 2 nitrogen and oxygen atoms in total. The summed E-state index contributed by atoms with van der Waals surface area (Å²) in [5, 5.41) is 3.08. The molecule has 0 heterocycles. The second-order valence-corrected chi connectivity index (χ2v) is 4.85. The lowest BCUT2D eigenvalue weighted by Gasteiger charge is -2.18. The van der Waals surface area contributed by atoms with Crippen LogP contribution in [0.15, 0.2) is 0 Å². The zero-order valence-corrected chi connectivity index (χ0v) is 9.16. The van der Waals surface area contributed by atoms with E-state index in [4.69, 9.17) is 0 Å². The molecular formula is C10H18F3NO. The molecule has 90 valence electrons. The Hall–Kier alpha value is -0.290. The summed E-state index contributed by atoms with van der Waals surface area (Å²) in [6, 6.07) is 0.344. The SMILES string of the molecule is CC1(C)CCC(NCCOC(F)(F)F)C1. The largest absolute Gasteiger partial charge is 0.522 e. The van der Waals surface area contributed by atoms with Crippen molar-refractivity contribution in [1.29, 1.82) is 0 Å². The molecular weight excluding hydrogens is 207 g/mol. The van der Waals surface area contributed by atoms with Crippen LogP contribution in [0.4, 0.5) is 13.2 Å². The number of rotatable bonds is 4. The van der Waals surface area contributed by atoms with Crippen LogP contribution in [-0.2, 0) is 4.74 Å². The third-order valence-electron chi connectivity index (χ3n) is 2.77. The molecule has 0 amide bonds. The van der Waals surface area contributed by atoms with Crippen molar-refractivity contribution in [2.45, 2.75) is 45.5 Å². The number of hydrogen-bond acceptors (Lipinski definition) is 2. The third-order valence-corrected chi connectivity index (χ3v) is 2.77. The quantitative estimate of drug-likeness (QED) is 0.743. The van der Waals surface area contributed by atoms with Gasteiger partial charge in [-0.15, -0.1) is 13.2 Å². The van der Waals surface area contributed by atoms with E-state index in [0.29, 0.717) is 11.5 Å². The van der Waals surface area contributed by atoms with Gasteiger partial charge in [-0.25, -0.2) is 0 Å². The summed E-state index contributed by atoms with van der Waals surface area (Å²) in [4.78, 5) is 0. The summed E-state index contributed by atoms with van der Waals surface area (Å²) in [6.45, 7) is 4.32. The predicted molar refractivity (Wildman–Crippen MR) is 51.4 cm³/mol. The standard InChI is InChI=1S/C10H18F3NO/c1-9(2)4-3-8(7-9)14-5-6-15-10(11,12)13/h8,14H,3-7H2,1-2H3. The van der Waals surface area contributed by atoms with Crippen LogP contribution in [-0.4, -0.2) is 25.6 Å². The number of ether oxygens (including phenoxy) is 1. The lowest BCUT2D eigenvalue weighted by atomic mass is 9.92. The van der Waals surface area contributed by atoms with Crippen LogP contribution in [0.1, 0.15) is 33.1 Å². The van der Waals surface area contributed by atoms with E-state index in [1.165, 1.54) is 0 Å². The Kier molecular flexibility index (Phi) is 4.00. The normalized spacial score (nSPS) is 25.8. The van der Waals surface area contributed by atoms with Gasteiger partial charge in [0, 0.05) is 12.6 Å². The second kappa shape index (κ2) is 4.70. The molecule has 0 aromatic rings. The van der Waals surface area contributed by atoms with Crippen LogP contribution in [0.25, 0.3) is 0 Å². The van der Waals surface area contributed by atoms with Crippen molar-refractivity contribution in [3.8, 4) is 0 Å². The maximum atomic E-state index is 11.6. The highest BCUT2D eigenvalue weighted by Gasteiger charge is 2.31. The molecule has 1 rings (SSSR count). The van der Waals surface area contributed by atoms with Crippen LogP contribution in [0.3, 0.4) is 0 Å². The summed E-state index contributed by atoms with van der Waals surface area (Å²) in [5.41, 5.74) is 0.322. The smallest absolute Gasteiger partial charge is 0.312 e. The summed E-state index contributed by atoms with van der Waals surface area (Å²) >= 11 is 0. The van der Waals surface area contributed by atoms with E-state index in [9.17, 15) is 13.2 Å². The van der Waals surface area contributed by atoms with Gasteiger partial charge in [-0.1, -0.05) is 13.8 Å². The molecule has 0 aromatic heterocycles. The maximum Gasteiger partial charge on any atom is 0.522 e. The summed E-state index contributed by atoms with van der Waals surface area (Å²) in [7, 11) is 0. The van der Waals surface area contributed by atoms with E-state index in [2.05, 4.69) is 23.9 Å². The van der Waals surface area contributed by atoms with Gasteiger partial charge in [-0.3, -0.25) is 4.74 Å². The summed E-state index contributed by atoms with van der Waals surface area (Å²) in [5.74, 6) is 0. The number of hydrogen-bond donors (Lipinski definition) is 1. The zero-order valence-electron chi connectivity index (χ0n) is 9.16. The fraction of sp³-hybridized carbons (Fsp3) is 1.00. The minimum absolute atomic E-state index is 0.264. The predicted octanol–water partition coefficient (Wildman–Crippen LogP) is 2.69. The fourth-order valence-corrected chi connectivity index (χ4v) is 2.04. The first-order valence-electron chi connectivity index (χ1n) is 5.23. The van der Waals surface area contributed by atoms with Crippen molar-refractivity contribution in [1.82, 2.24) is 5.32 Å². The lowest BCUT2D eigenvalue weighted by molar-refractivity contribution is -0.323. The first-order valence-corrected chi connectivity index (χ1v) is 5.23. The van der Waals surface area contributed by atoms with Crippen molar-refractivity contribution in [3.63, 3.8) is 0 Å². The van der Waals surface area contributed by atoms with Crippen LogP contribution < -0.4 is 5.32 Å². The third kappa shape index (κ3) is 5.37. The molecule has 1 aliphatic rings. The van der Waals surface area contributed by atoms with Gasteiger partial charge in [0.15, 0.2) is 0 Å². The molecule has 15 heavy (non-hydrogen) atoms. The van der Waals surface area contributed by atoms with Crippen LogP contribution in [0.5, 0.6) is 0 Å². The Labute approximate surface area is 88.2 Å².